The number of carbonyl (C=O) groups excluding carboxylic acids is 2. The van der Waals surface area contributed by atoms with Gasteiger partial charge in [-0.15, -0.1) is 0 Å². The number of rotatable bonds is 6. The molecule has 0 bridgehead atoms. The van der Waals surface area contributed by atoms with Gasteiger partial charge in [0.05, 0.1) is 0 Å². The van der Waals surface area contributed by atoms with Crippen molar-refractivity contribution < 1.29 is 18.7 Å². The molecule has 0 spiro atoms. The fraction of sp³-hybridized carbons (Fsp3) is 0.0435. The highest BCUT2D eigenvalue weighted by molar-refractivity contribution is 6.01. The van der Waals surface area contributed by atoms with Crippen LogP contribution in [0, 0.1) is 5.82 Å². The van der Waals surface area contributed by atoms with Gasteiger partial charge in [0.2, 0.25) is 5.78 Å². The van der Waals surface area contributed by atoms with E-state index in [1.807, 2.05) is 12.1 Å². The molecule has 0 radical (unpaired) electrons. The molecule has 0 aromatic heterocycles. The van der Waals surface area contributed by atoms with E-state index in [0.29, 0.717) is 16.7 Å². The summed E-state index contributed by atoms with van der Waals surface area (Å²) in [6, 6.07) is 23.2. The summed E-state index contributed by atoms with van der Waals surface area (Å²) in [5, 5.41) is 0. The maximum absolute atomic E-state index is 12.9. The van der Waals surface area contributed by atoms with Crippen LogP contribution in [0.1, 0.15) is 27.6 Å². The van der Waals surface area contributed by atoms with E-state index >= 15 is 0 Å². The Kier molecular flexibility index (Phi) is 5.90. The van der Waals surface area contributed by atoms with Crippen molar-refractivity contribution in [3.05, 3.63) is 114 Å². The minimum Gasteiger partial charge on any atom is -0.446 e. The van der Waals surface area contributed by atoms with Crippen LogP contribution in [0.15, 0.2) is 91.0 Å². The smallest absolute Gasteiger partial charge is 0.331 e. The maximum atomic E-state index is 12.9. The molecule has 4 heteroatoms. The number of benzene rings is 3. The molecule has 0 saturated carbocycles. The van der Waals surface area contributed by atoms with Crippen LogP contribution >= 0.6 is 0 Å². The normalized spacial score (nSPS) is 11.9. The first-order valence-electron chi connectivity index (χ1n) is 8.42. The Hall–Kier alpha value is -3.53. The van der Waals surface area contributed by atoms with Crippen molar-refractivity contribution in [1.82, 2.24) is 0 Å². The summed E-state index contributed by atoms with van der Waals surface area (Å²) in [4.78, 5) is 25.1. The molecule has 0 amide bonds. The molecule has 3 nitrogen and oxygen atoms in total. The molecule has 134 valence electrons. The van der Waals surface area contributed by atoms with Crippen LogP contribution in [-0.4, -0.2) is 11.8 Å². The van der Waals surface area contributed by atoms with Crippen molar-refractivity contribution in [3.8, 4) is 0 Å². The van der Waals surface area contributed by atoms with E-state index in [-0.39, 0.29) is 11.6 Å². The lowest BCUT2D eigenvalue weighted by Crippen LogP contribution is -2.19. The fourth-order valence-electron chi connectivity index (χ4n) is 2.55. The molecular formula is C23H17FO3. The Morgan fingerprint density at radius 1 is 0.815 bits per heavy atom. The second-order valence-electron chi connectivity index (χ2n) is 5.84. The van der Waals surface area contributed by atoms with Crippen molar-refractivity contribution in [3.63, 3.8) is 0 Å². The first kappa shape index (κ1) is 18.3. The van der Waals surface area contributed by atoms with Crippen LogP contribution in [0.5, 0.6) is 0 Å². The van der Waals surface area contributed by atoms with Crippen LogP contribution in [0.25, 0.3) is 6.08 Å². The molecule has 0 fully saturated rings. The van der Waals surface area contributed by atoms with Crippen LogP contribution in [0.2, 0.25) is 0 Å². The van der Waals surface area contributed by atoms with Gasteiger partial charge >= 0.3 is 5.97 Å². The van der Waals surface area contributed by atoms with Crippen molar-refractivity contribution in [2.45, 2.75) is 6.10 Å². The van der Waals surface area contributed by atoms with Gasteiger partial charge in [0.15, 0.2) is 6.10 Å². The van der Waals surface area contributed by atoms with Gasteiger partial charge in [-0.25, -0.2) is 9.18 Å². The molecular weight excluding hydrogens is 343 g/mol. The molecule has 3 aromatic rings. The van der Waals surface area contributed by atoms with Gasteiger partial charge in [-0.05, 0) is 23.8 Å². The lowest BCUT2D eigenvalue weighted by Gasteiger charge is -2.16. The SMILES string of the molecule is O=C(/C=C/c1ccc(F)cc1)OC(C(=O)c1ccccc1)c1ccccc1. The third-order valence-corrected chi connectivity index (χ3v) is 3.91. The van der Waals surface area contributed by atoms with Gasteiger partial charge in [-0.3, -0.25) is 4.79 Å². The summed E-state index contributed by atoms with van der Waals surface area (Å²) in [5.74, 6) is -1.31. The van der Waals surface area contributed by atoms with Gasteiger partial charge in [0.1, 0.15) is 5.82 Å². The van der Waals surface area contributed by atoms with Crippen LogP contribution < -0.4 is 0 Å². The summed E-state index contributed by atoms with van der Waals surface area (Å²) in [5.41, 5.74) is 1.70. The highest BCUT2D eigenvalue weighted by atomic mass is 19.1. The number of ketones is 1. The zero-order valence-corrected chi connectivity index (χ0v) is 14.4. The summed E-state index contributed by atoms with van der Waals surface area (Å²) < 4.78 is 18.4. The summed E-state index contributed by atoms with van der Waals surface area (Å²) in [7, 11) is 0. The molecule has 27 heavy (non-hydrogen) atoms. The Morgan fingerprint density at radius 2 is 1.41 bits per heavy atom. The monoisotopic (exact) mass is 360 g/mol. The molecule has 3 aromatic carbocycles. The fourth-order valence-corrected chi connectivity index (χ4v) is 2.55. The highest BCUT2D eigenvalue weighted by Gasteiger charge is 2.25. The first-order valence-corrected chi connectivity index (χ1v) is 8.42. The van der Waals surface area contributed by atoms with Gasteiger partial charge in [-0.2, -0.15) is 0 Å². The number of Topliss-reactive ketones (excluding diaryl/α,β-unsaturated/α-hetero) is 1. The number of hydrogen-bond donors (Lipinski definition) is 0. The predicted octanol–water partition coefficient (Wildman–Crippen LogP) is 5.01. The van der Waals surface area contributed by atoms with Crippen molar-refractivity contribution >= 4 is 17.8 Å². The first-order chi connectivity index (χ1) is 13.1. The largest absolute Gasteiger partial charge is 0.446 e. The molecule has 0 aliphatic heterocycles. The van der Waals surface area contributed by atoms with Crippen LogP contribution in [0.4, 0.5) is 4.39 Å². The van der Waals surface area contributed by atoms with E-state index in [2.05, 4.69) is 0 Å². The minimum absolute atomic E-state index is 0.301. The number of hydrogen-bond acceptors (Lipinski definition) is 3. The summed E-state index contributed by atoms with van der Waals surface area (Å²) in [6.45, 7) is 0. The van der Waals surface area contributed by atoms with Gasteiger partial charge in [-0.1, -0.05) is 72.8 Å². The summed E-state index contributed by atoms with van der Waals surface area (Å²) in [6.07, 6.45) is 1.69. The van der Waals surface area contributed by atoms with E-state index in [4.69, 9.17) is 4.74 Å². The van der Waals surface area contributed by atoms with E-state index in [1.165, 1.54) is 24.3 Å². The highest BCUT2D eigenvalue weighted by Crippen LogP contribution is 2.23. The van der Waals surface area contributed by atoms with Crippen molar-refractivity contribution in [2.75, 3.05) is 0 Å². The maximum Gasteiger partial charge on any atom is 0.331 e. The number of esters is 1. The predicted molar refractivity (Wildman–Crippen MR) is 101 cm³/mol. The average Bonchev–Trinajstić information content (AvgIpc) is 2.72. The summed E-state index contributed by atoms with van der Waals surface area (Å²) >= 11 is 0. The Bertz CT molecular complexity index is 932. The topological polar surface area (TPSA) is 43.4 Å². The van der Waals surface area contributed by atoms with E-state index < -0.39 is 12.1 Å². The van der Waals surface area contributed by atoms with E-state index in [9.17, 15) is 14.0 Å². The molecule has 1 unspecified atom stereocenters. The number of halogens is 1. The molecule has 0 saturated heterocycles. The zero-order valence-electron chi connectivity index (χ0n) is 14.4. The molecule has 0 N–H and O–H groups in total. The minimum atomic E-state index is -1.04. The van der Waals surface area contributed by atoms with Crippen LogP contribution in [-0.2, 0) is 9.53 Å². The molecule has 3 rings (SSSR count). The molecule has 1 atom stereocenters. The standard InChI is InChI=1S/C23H17FO3/c24-20-14-11-17(12-15-20)13-16-21(25)27-23(19-9-5-2-6-10-19)22(26)18-7-3-1-4-8-18/h1-16,23H/b16-13+. The Labute approximate surface area is 156 Å². The lowest BCUT2D eigenvalue weighted by molar-refractivity contribution is -0.141. The number of carbonyl (C=O) groups is 2. The van der Waals surface area contributed by atoms with E-state index in [0.717, 1.165) is 0 Å². The van der Waals surface area contributed by atoms with E-state index in [1.54, 1.807) is 60.7 Å². The Morgan fingerprint density at radius 3 is 2.04 bits per heavy atom. The quantitative estimate of drug-likeness (QED) is 0.353. The van der Waals surface area contributed by atoms with Gasteiger partial charge in [0.25, 0.3) is 0 Å². The van der Waals surface area contributed by atoms with Gasteiger partial charge in [0, 0.05) is 17.2 Å². The second-order valence-corrected chi connectivity index (χ2v) is 5.84. The van der Waals surface area contributed by atoms with Gasteiger partial charge < -0.3 is 4.74 Å². The van der Waals surface area contributed by atoms with Crippen LogP contribution in [0.3, 0.4) is 0 Å². The lowest BCUT2D eigenvalue weighted by atomic mass is 10.00. The van der Waals surface area contributed by atoms with Crippen molar-refractivity contribution in [1.29, 1.82) is 0 Å². The Balaban J connectivity index is 1.80. The molecule has 0 heterocycles. The average molecular weight is 360 g/mol. The number of ether oxygens (including phenoxy) is 1. The second kappa shape index (κ2) is 8.72. The third kappa shape index (κ3) is 4.98. The molecule has 0 aliphatic rings. The zero-order chi connectivity index (χ0) is 19.1. The molecule has 0 aliphatic carbocycles. The third-order valence-electron chi connectivity index (χ3n) is 3.91. The van der Waals surface area contributed by atoms with Crippen molar-refractivity contribution in [2.24, 2.45) is 0 Å².